The number of nitrogens with one attached hydrogen (secondary N) is 2. The highest BCUT2D eigenvalue weighted by atomic mass is 16.1. The Morgan fingerprint density at radius 3 is 2.55 bits per heavy atom. The van der Waals surface area contributed by atoms with E-state index in [-0.39, 0.29) is 5.91 Å². The Kier molecular flexibility index (Phi) is 7.13. The van der Waals surface area contributed by atoms with Gasteiger partial charge in [0.15, 0.2) is 0 Å². The van der Waals surface area contributed by atoms with Crippen molar-refractivity contribution in [2.75, 3.05) is 11.9 Å². The molecule has 0 saturated heterocycles. The molecular weight excluding hydrogens is 276 g/mol. The highest BCUT2D eigenvalue weighted by Crippen LogP contribution is 2.19. The summed E-state index contributed by atoms with van der Waals surface area (Å²) in [5.74, 6) is 0.638. The van der Waals surface area contributed by atoms with Crippen molar-refractivity contribution in [1.29, 1.82) is 0 Å². The normalized spacial score (nSPS) is 16.0. The van der Waals surface area contributed by atoms with Crippen molar-refractivity contribution in [2.45, 2.75) is 70.8 Å². The number of hydrogen-bond donors (Lipinski definition) is 2. The largest absolute Gasteiger partial charge is 0.366 e. The molecule has 1 heterocycles. The van der Waals surface area contributed by atoms with E-state index in [9.17, 15) is 4.79 Å². The zero-order valence-electron chi connectivity index (χ0n) is 13.6. The van der Waals surface area contributed by atoms with Gasteiger partial charge in [-0.25, -0.2) is 9.97 Å². The first-order valence-electron chi connectivity index (χ1n) is 8.66. The van der Waals surface area contributed by atoms with E-state index in [1.165, 1.54) is 38.5 Å². The molecule has 22 heavy (non-hydrogen) atoms. The number of anilines is 1. The van der Waals surface area contributed by atoms with Crippen molar-refractivity contribution < 1.29 is 4.79 Å². The van der Waals surface area contributed by atoms with Gasteiger partial charge in [-0.15, -0.1) is 0 Å². The highest BCUT2D eigenvalue weighted by molar-refractivity contribution is 5.91. The van der Waals surface area contributed by atoms with Gasteiger partial charge in [0.05, 0.1) is 12.4 Å². The minimum Gasteiger partial charge on any atom is -0.366 e. The molecule has 0 radical (unpaired) electrons. The summed E-state index contributed by atoms with van der Waals surface area (Å²) < 4.78 is 0. The number of rotatable bonds is 7. The SMILES string of the molecule is CCCCCNC(=O)c1cnc(NC2CCCCCC2)cn1. The van der Waals surface area contributed by atoms with Gasteiger partial charge in [-0.05, 0) is 19.3 Å². The van der Waals surface area contributed by atoms with E-state index in [0.29, 0.717) is 18.3 Å². The Labute approximate surface area is 133 Å². The Morgan fingerprint density at radius 2 is 1.91 bits per heavy atom. The van der Waals surface area contributed by atoms with Crippen molar-refractivity contribution in [3.63, 3.8) is 0 Å². The predicted octanol–water partition coefficient (Wildman–Crippen LogP) is 3.53. The minimum absolute atomic E-state index is 0.135. The summed E-state index contributed by atoms with van der Waals surface area (Å²) in [5, 5.41) is 6.32. The molecule has 0 bridgehead atoms. The fourth-order valence-corrected chi connectivity index (χ4v) is 2.82. The van der Waals surface area contributed by atoms with Gasteiger partial charge in [0.2, 0.25) is 0 Å². The Bertz CT molecular complexity index is 438. The molecule has 0 aromatic carbocycles. The average Bonchev–Trinajstić information content (AvgIpc) is 2.81. The zero-order chi connectivity index (χ0) is 15.6. The number of nitrogens with zero attached hydrogens (tertiary/aromatic N) is 2. The van der Waals surface area contributed by atoms with Crippen LogP contribution < -0.4 is 10.6 Å². The third kappa shape index (κ3) is 5.62. The number of carbonyl (C=O) groups is 1. The van der Waals surface area contributed by atoms with E-state index in [4.69, 9.17) is 0 Å². The van der Waals surface area contributed by atoms with Crippen LogP contribution in [0.15, 0.2) is 12.4 Å². The van der Waals surface area contributed by atoms with Gasteiger partial charge in [-0.1, -0.05) is 45.4 Å². The minimum atomic E-state index is -0.135. The van der Waals surface area contributed by atoms with Crippen LogP contribution in [0.3, 0.4) is 0 Å². The standard InChI is InChI=1S/C17H28N4O/c1-2-3-8-11-18-17(22)15-12-20-16(13-19-15)21-14-9-6-4-5-7-10-14/h12-14H,2-11H2,1H3,(H,18,22)(H,20,21). The van der Waals surface area contributed by atoms with Crippen LogP contribution in [0.25, 0.3) is 0 Å². The van der Waals surface area contributed by atoms with E-state index in [1.807, 2.05) is 0 Å². The molecule has 0 aliphatic heterocycles. The number of hydrogen-bond acceptors (Lipinski definition) is 4. The molecule has 1 aromatic heterocycles. The van der Waals surface area contributed by atoms with Gasteiger partial charge in [0.1, 0.15) is 11.5 Å². The summed E-state index contributed by atoms with van der Waals surface area (Å²) in [6, 6.07) is 0.491. The fourth-order valence-electron chi connectivity index (χ4n) is 2.82. The van der Waals surface area contributed by atoms with Crippen molar-refractivity contribution in [1.82, 2.24) is 15.3 Å². The van der Waals surface area contributed by atoms with Crippen molar-refractivity contribution in [3.05, 3.63) is 18.1 Å². The summed E-state index contributed by atoms with van der Waals surface area (Å²) in [6.45, 7) is 2.85. The van der Waals surface area contributed by atoms with Gasteiger partial charge < -0.3 is 10.6 Å². The Morgan fingerprint density at radius 1 is 1.14 bits per heavy atom. The third-order valence-electron chi connectivity index (χ3n) is 4.16. The van der Waals surface area contributed by atoms with Gasteiger partial charge in [0, 0.05) is 12.6 Å². The van der Waals surface area contributed by atoms with Gasteiger partial charge in [-0.3, -0.25) is 4.79 Å². The van der Waals surface area contributed by atoms with Gasteiger partial charge in [-0.2, -0.15) is 0 Å². The second-order valence-corrected chi connectivity index (χ2v) is 6.08. The first kappa shape index (κ1) is 16.7. The summed E-state index contributed by atoms with van der Waals surface area (Å²) in [7, 11) is 0. The van der Waals surface area contributed by atoms with E-state index in [0.717, 1.165) is 25.1 Å². The predicted molar refractivity (Wildman–Crippen MR) is 89.0 cm³/mol. The van der Waals surface area contributed by atoms with Crippen molar-refractivity contribution in [3.8, 4) is 0 Å². The maximum Gasteiger partial charge on any atom is 0.271 e. The monoisotopic (exact) mass is 304 g/mol. The van der Waals surface area contributed by atoms with E-state index >= 15 is 0 Å². The van der Waals surface area contributed by atoms with E-state index < -0.39 is 0 Å². The first-order valence-corrected chi connectivity index (χ1v) is 8.66. The molecule has 2 rings (SSSR count). The summed E-state index contributed by atoms with van der Waals surface area (Å²) in [6.07, 6.45) is 14.2. The number of aromatic nitrogens is 2. The average molecular weight is 304 g/mol. The molecule has 122 valence electrons. The summed E-state index contributed by atoms with van der Waals surface area (Å²) in [5.41, 5.74) is 0.392. The molecule has 5 heteroatoms. The zero-order valence-corrected chi connectivity index (χ0v) is 13.6. The highest BCUT2D eigenvalue weighted by Gasteiger charge is 2.13. The van der Waals surface area contributed by atoms with Crippen molar-refractivity contribution in [2.24, 2.45) is 0 Å². The maximum absolute atomic E-state index is 11.9. The van der Waals surface area contributed by atoms with Gasteiger partial charge >= 0.3 is 0 Å². The Hall–Kier alpha value is -1.65. The molecule has 0 spiro atoms. The number of unbranched alkanes of at least 4 members (excludes halogenated alkanes) is 2. The molecular formula is C17H28N4O. The van der Waals surface area contributed by atoms with Crippen LogP contribution >= 0.6 is 0 Å². The lowest BCUT2D eigenvalue weighted by Crippen LogP contribution is -2.26. The lowest BCUT2D eigenvalue weighted by molar-refractivity contribution is 0.0947. The van der Waals surface area contributed by atoms with Crippen LogP contribution in [0.5, 0.6) is 0 Å². The van der Waals surface area contributed by atoms with Crippen LogP contribution in [0.1, 0.15) is 75.2 Å². The second kappa shape index (κ2) is 9.38. The smallest absolute Gasteiger partial charge is 0.271 e. The number of carbonyl (C=O) groups excluding carboxylic acids is 1. The lowest BCUT2D eigenvalue weighted by Gasteiger charge is -2.16. The quantitative estimate of drug-likeness (QED) is 0.597. The van der Waals surface area contributed by atoms with E-state index in [2.05, 4.69) is 27.5 Å². The summed E-state index contributed by atoms with van der Waals surface area (Å²) in [4.78, 5) is 20.5. The molecule has 1 saturated carbocycles. The molecule has 2 N–H and O–H groups in total. The first-order chi connectivity index (χ1) is 10.8. The Balaban J connectivity index is 1.80. The van der Waals surface area contributed by atoms with Crippen LogP contribution in [0.2, 0.25) is 0 Å². The molecule has 1 fully saturated rings. The van der Waals surface area contributed by atoms with Gasteiger partial charge in [0.25, 0.3) is 5.91 Å². The molecule has 0 atom stereocenters. The van der Waals surface area contributed by atoms with Crippen LogP contribution in [0.4, 0.5) is 5.82 Å². The van der Waals surface area contributed by atoms with Crippen LogP contribution in [-0.2, 0) is 0 Å². The number of amides is 1. The van der Waals surface area contributed by atoms with Crippen LogP contribution in [-0.4, -0.2) is 28.5 Å². The second-order valence-electron chi connectivity index (χ2n) is 6.08. The lowest BCUT2D eigenvalue weighted by atomic mass is 10.1. The molecule has 1 aromatic rings. The molecule has 1 amide bonds. The third-order valence-corrected chi connectivity index (χ3v) is 4.16. The van der Waals surface area contributed by atoms with Crippen LogP contribution in [0, 0.1) is 0 Å². The molecule has 5 nitrogen and oxygen atoms in total. The topological polar surface area (TPSA) is 66.9 Å². The fraction of sp³-hybridized carbons (Fsp3) is 0.706. The van der Waals surface area contributed by atoms with E-state index in [1.54, 1.807) is 12.4 Å². The summed E-state index contributed by atoms with van der Waals surface area (Å²) >= 11 is 0. The maximum atomic E-state index is 11.9. The molecule has 1 aliphatic carbocycles. The molecule has 1 aliphatic rings. The van der Waals surface area contributed by atoms with Crippen molar-refractivity contribution >= 4 is 11.7 Å². The molecule has 0 unspecified atom stereocenters.